The molecule has 2 bridgehead atoms. The van der Waals surface area contributed by atoms with Crippen molar-refractivity contribution in [1.82, 2.24) is 24.5 Å². The summed E-state index contributed by atoms with van der Waals surface area (Å²) in [7, 11) is 1.63. The van der Waals surface area contributed by atoms with Gasteiger partial charge in [-0.2, -0.15) is 13.9 Å². The van der Waals surface area contributed by atoms with Gasteiger partial charge in [0.2, 0.25) is 0 Å². The van der Waals surface area contributed by atoms with E-state index in [0.29, 0.717) is 34.3 Å². The molecule has 1 aromatic carbocycles. The number of alkyl halides is 2. The highest BCUT2D eigenvalue weighted by Gasteiger charge is 2.46. The molecule has 2 aliphatic rings. The normalized spacial score (nSPS) is 19.9. The number of benzene rings is 1. The maximum absolute atomic E-state index is 15.3. The average Bonchev–Trinajstić information content (AvgIpc) is 3.40. The predicted molar refractivity (Wildman–Crippen MR) is 127 cm³/mol. The molecule has 2 N–H and O–H groups in total. The van der Waals surface area contributed by atoms with Gasteiger partial charge in [0.25, 0.3) is 5.91 Å². The fourth-order valence-corrected chi connectivity index (χ4v) is 5.42. The Hall–Kier alpha value is -4.03. The van der Waals surface area contributed by atoms with E-state index >= 15 is 4.39 Å². The predicted octanol–water partition coefficient (Wildman–Crippen LogP) is 3.39. The van der Waals surface area contributed by atoms with Crippen LogP contribution in [0.3, 0.4) is 0 Å². The van der Waals surface area contributed by atoms with E-state index in [9.17, 15) is 23.8 Å². The van der Waals surface area contributed by atoms with Crippen LogP contribution in [0.1, 0.15) is 58.3 Å². The average molecular weight is 525 g/mol. The van der Waals surface area contributed by atoms with Crippen molar-refractivity contribution in [3.05, 3.63) is 76.9 Å². The number of pyridine rings is 1. The van der Waals surface area contributed by atoms with Gasteiger partial charge in [0.15, 0.2) is 5.82 Å². The summed E-state index contributed by atoms with van der Waals surface area (Å²) >= 11 is 0. The summed E-state index contributed by atoms with van der Waals surface area (Å²) < 4.78 is 48.0. The maximum Gasteiger partial charge on any atom is 0.387 e. The molecule has 9 nitrogen and oxygen atoms in total. The molecule has 0 radical (unpaired) electrons. The third kappa shape index (κ3) is 3.55. The smallest absolute Gasteiger partial charge is 0.387 e. The van der Waals surface area contributed by atoms with Gasteiger partial charge in [-0.15, -0.1) is 0 Å². The van der Waals surface area contributed by atoms with Gasteiger partial charge in [-0.05, 0) is 31.5 Å². The number of carbonyl (C=O) groups is 1. The van der Waals surface area contributed by atoms with E-state index in [4.69, 9.17) is 4.74 Å². The highest BCUT2D eigenvalue weighted by atomic mass is 19.3. The van der Waals surface area contributed by atoms with Gasteiger partial charge in [0, 0.05) is 53.2 Å². The molecule has 0 spiro atoms. The van der Waals surface area contributed by atoms with Crippen LogP contribution in [-0.4, -0.2) is 60.9 Å². The van der Waals surface area contributed by atoms with Crippen LogP contribution >= 0.6 is 0 Å². The molecule has 38 heavy (non-hydrogen) atoms. The van der Waals surface area contributed by atoms with Crippen LogP contribution in [0.4, 0.5) is 13.2 Å². The molecule has 0 unspecified atom stereocenters. The summed E-state index contributed by atoms with van der Waals surface area (Å²) in [6, 6.07) is 5.64. The zero-order valence-electron chi connectivity index (χ0n) is 20.3. The van der Waals surface area contributed by atoms with Crippen molar-refractivity contribution in [3.63, 3.8) is 0 Å². The third-order valence-corrected chi connectivity index (χ3v) is 7.31. The minimum Gasteiger partial charge on any atom is -0.434 e. The van der Waals surface area contributed by atoms with Crippen LogP contribution in [0, 0.1) is 5.82 Å². The highest BCUT2D eigenvalue weighted by molar-refractivity contribution is 5.98. The topological polar surface area (TPSA) is 113 Å². The van der Waals surface area contributed by atoms with E-state index in [1.807, 2.05) is 0 Å². The number of amides is 1. The zero-order valence-corrected chi connectivity index (χ0v) is 20.3. The monoisotopic (exact) mass is 525 g/mol. The molecule has 3 atom stereocenters. The van der Waals surface area contributed by atoms with Gasteiger partial charge < -0.3 is 19.8 Å². The van der Waals surface area contributed by atoms with Crippen molar-refractivity contribution in [3.8, 4) is 16.9 Å². The molecule has 1 aliphatic heterocycles. The Morgan fingerprint density at radius 2 is 1.95 bits per heavy atom. The number of aromatic nitrogens is 4. The molecule has 0 fully saturated rings. The number of hydrogen-bond acceptors (Lipinski definition) is 7. The van der Waals surface area contributed by atoms with Gasteiger partial charge in [-0.1, -0.05) is 6.07 Å². The standard InChI is InChI=1S/C26H22F3N5O4/c1-26(37,11-35)24-30-8-12(9-31-24)14-6-17-21-15-7-18(22(21)32-34(17)10-16(14)27)33(2)23(36)13-4-3-5-19(20(13)15)38-25(28)29/h3-6,8-10,15,18,25,35,37H,7,11H2,1-2H3/t15-,18-,26-/m1/s1. The fourth-order valence-electron chi connectivity index (χ4n) is 5.42. The molecule has 0 saturated carbocycles. The molecule has 12 heteroatoms. The van der Waals surface area contributed by atoms with Gasteiger partial charge in [0.05, 0.1) is 30.1 Å². The maximum atomic E-state index is 15.3. The lowest BCUT2D eigenvalue weighted by molar-refractivity contribution is -0.0505. The first-order valence-corrected chi connectivity index (χ1v) is 11.8. The quantitative estimate of drug-likeness (QED) is 0.411. The van der Waals surface area contributed by atoms with Crippen LogP contribution in [0.25, 0.3) is 16.6 Å². The van der Waals surface area contributed by atoms with Crippen LogP contribution in [-0.2, 0) is 5.60 Å². The summed E-state index contributed by atoms with van der Waals surface area (Å²) in [4.78, 5) is 23.0. The Morgan fingerprint density at radius 3 is 2.63 bits per heavy atom. The van der Waals surface area contributed by atoms with Gasteiger partial charge in [-0.25, -0.2) is 18.9 Å². The van der Waals surface area contributed by atoms with Crippen LogP contribution in [0.2, 0.25) is 0 Å². The number of nitrogens with zero attached hydrogens (tertiary/aromatic N) is 5. The first-order chi connectivity index (χ1) is 18.1. The van der Waals surface area contributed by atoms with Crippen LogP contribution in [0.15, 0.2) is 42.9 Å². The van der Waals surface area contributed by atoms with E-state index in [-0.39, 0.29) is 28.6 Å². The molecule has 1 amide bonds. The lowest BCUT2D eigenvalue weighted by Gasteiger charge is -2.23. The zero-order chi connectivity index (χ0) is 26.9. The third-order valence-electron chi connectivity index (χ3n) is 7.31. The lowest BCUT2D eigenvalue weighted by Crippen LogP contribution is -2.30. The molecule has 4 heterocycles. The van der Waals surface area contributed by atoms with Gasteiger partial charge in [-0.3, -0.25) is 4.79 Å². The van der Waals surface area contributed by atoms with Crippen LogP contribution in [0.5, 0.6) is 5.75 Å². The SMILES string of the molecule is CN1C(=O)c2cccc(OC(F)F)c2[C@H]2C[C@@H]1c1nn3cc(F)c(-c4cnc([C@](C)(O)CO)nc4)cc3c12. The molecule has 4 aromatic rings. The number of ether oxygens (including phenoxy) is 1. The Bertz CT molecular complexity index is 1590. The molecule has 3 aromatic heterocycles. The van der Waals surface area contributed by atoms with E-state index in [1.165, 1.54) is 47.1 Å². The molecule has 6 rings (SSSR count). The van der Waals surface area contributed by atoms with E-state index in [2.05, 4.69) is 15.1 Å². The summed E-state index contributed by atoms with van der Waals surface area (Å²) in [5.41, 5.74) is 1.25. The molecule has 1 aliphatic carbocycles. The fraction of sp³-hybridized carbons (Fsp3) is 0.308. The number of rotatable bonds is 5. The molecular weight excluding hydrogens is 503 g/mol. The molecule has 196 valence electrons. The van der Waals surface area contributed by atoms with E-state index in [1.54, 1.807) is 19.2 Å². The number of hydrogen-bond donors (Lipinski definition) is 2. The van der Waals surface area contributed by atoms with Crippen molar-refractivity contribution in [2.45, 2.75) is 37.5 Å². The molecular formula is C26H22F3N5O4. The Morgan fingerprint density at radius 1 is 1.21 bits per heavy atom. The summed E-state index contributed by atoms with van der Waals surface area (Å²) in [6.07, 6.45) is 4.31. The second-order valence-electron chi connectivity index (χ2n) is 9.71. The lowest BCUT2D eigenvalue weighted by atomic mass is 9.88. The Balaban J connectivity index is 1.53. The van der Waals surface area contributed by atoms with Crippen LogP contribution < -0.4 is 4.74 Å². The van der Waals surface area contributed by atoms with E-state index < -0.39 is 36.6 Å². The Labute approximate surface area is 214 Å². The van der Waals surface area contributed by atoms with Crippen molar-refractivity contribution < 1.29 is 32.9 Å². The summed E-state index contributed by atoms with van der Waals surface area (Å²) in [5, 5.41) is 24.1. The number of aliphatic hydroxyl groups excluding tert-OH is 1. The Kier molecular flexibility index (Phi) is 5.44. The van der Waals surface area contributed by atoms with Crippen molar-refractivity contribution in [2.24, 2.45) is 0 Å². The second-order valence-corrected chi connectivity index (χ2v) is 9.71. The van der Waals surface area contributed by atoms with Gasteiger partial charge >= 0.3 is 6.61 Å². The number of fused-ring (bicyclic) bond motifs is 9. The van der Waals surface area contributed by atoms with Crippen molar-refractivity contribution >= 4 is 11.4 Å². The molecule has 0 saturated heterocycles. The first-order valence-electron chi connectivity index (χ1n) is 11.8. The number of carbonyl (C=O) groups excluding carboxylic acids is 1. The minimum absolute atomic E-state index is 0.0172. The summed E-state index contributed by atoms with van der Waals surface area (Å²) in [6.45, 7) is -2.31. The van der Waals surface area contributed by atoms with Crippen molar-refractivity contribution in [2.75, 3.05) is 13.7 Å². The second kappa shape index (κ2) is 8.50. The number of halogens is 3. The van der Waals surface area contributed by atoms with Gasteiger partial charge in [0.1, 0.15) is 17.2 Å². The van der Waals surface area contributed by atoms with E-state index in [0.717, 1.165) is 0 Å². The highest BCUT2D eigenvalue weighted by Crippen LogP contribution is 2.53. The van der Waals surface area contributed by atoms with Crippen molar-refractivity contribution in [1.29, 1.82) is 0 Å². The minimum atomic E-state index is -3.08. The number of aliphatic hydroxyl groups is 2. The first kappa shape index (κ1) is 24.3. The largest absolute Gasteiger partial charge is 0.434 e. The summed E-state index contributed by atoms with van der Waals surface area (Å²) in [5.74, 6) is -1.55.